The first-order valence-corrected chi connectivity index (χ1v) is 9.50. The van der Waals surface area contributed by atoms with Gasteiger partial charge in [0.25, 0.3) is 11.8 Å². The Kier molecular flexibility index (Phi) is 6.39. The van der Waals surface area contributed by atoms with Crippen molar-refractivity contribution >= 4 is 29.3 Å². The van der Waals surface area contributed by atoms with Gasteiger partial charge in [0.15, 0.2) is 18.1 Å². The Morgan fingerprint density at radius 3 is 2.48 bits per heavy atom. The van der Waals surface area contributed by atoms with Crippen molar-refractivity contribution in [1.82, 2.24) is 4.90 Å². The van der Waals surface area contributed by atoms with Crippen LogP contribution in [-0.2, 0) is 9.59 Å². The van der Waals surface area contributed by atoms with E-state index in [1.165, 1.54) is 47.4 Å². The fraction of sp³-hybridized carbons (Fsp3) is 0.238. The Labute approximate surface area is 177 Å². The van der Waals surface area contributed by atoms with Gasteiger partial charge in [0.1, 0.15) is 11.9 Å². The third-order valence-electron chi connectivity index (χ3n) is 4.84. The smallest absolute Gasteiger partial charge is 0.326 e. The molecule has 0 radical (unpaired) electrons. The van der Waals surface area contributed by atoms with Gasteiger partial charge < -0.3 is 30.9 Å². The maximum Gasteiger partial charge on any atom is 0.326 e. The fourth-order valence-corrected chi connectivity index (χ4v) is 3.27. The number of nitrogens with one attached hydrogen (secondary N) is 2. The Hall–Kier alpha value is -4.08. The summed E-state index contributed by atoms with van der Waals surface area (Å²) in [6.07, 6.45) is 1.07. The van der Waals surface area contributed by atoms with E-state index in [-0.39, 0.29) is 23.2 Å². The Morgan fingerprint density at radius 2 is 1.84 bits per heavy atom. The molecule has 3 rings (SSSR count). The molecule has 6 N–H and O–H groups in total. The number of aliphatic carboxylic acids is 1. The van der Waals surface area contributed by atoms with E-state index in [1.807, 2.05) is 0 Å². The summed E-state index contributed by atoms with van der Waals surface area (Å²) >= 11 is 0. The number of benzene rings is 2. The quantitative estimate of drug-likeness (QED) is 0.329. The van der Waals surface area contributed by atoms with Crippen LogP contribution in [0.25, 0.3) is 0 Å². The number of carboxylic acid groups (broad SMARTS) is 1. The standard InChI is InChI=1S/C21H22N4O6/c22-19(23)13-5-8-16(26)17(10-13)31-11-18(27)24-14-6-3-12(4-7-14)20(28)25-9-1-2-15(25)21(29)30/h3-8,10,15,26H,1-2,9,11H2,(H3,22,23)(H,24,27)(H,29,30). The maximum absolute atomic E-state index is 12.6. The number of rotatable bonds is 7. The molecule has 2 amide bonds. The second kappa shape index (κ2) is 9.16. The number of carboxylic acids is 1. The number of aromatic hydroxyl groups is 1. The summed E-state index contributed by atoms with van der Waals surface area (Å²) < 4.78 is 5.29. The van der Waals surface area contributed by atoms with E-state index in [0.29, 0.717) is 36.2 Å². The molecule has 1 aliphatic heterocycles. The highest BCUT2D eigenvalue weighted by Gasteiger charge is 2.34. The van der Waals surface area contributed by atoms with Crippen molar-refractivity contribution in [1.29, 1.82) is 5.41 Å². The van der Waals surface area contributed by atoms with Gasteiger partial charge >= 0.3 is 5.97 Å². The van der Waals surface area contributed by atoms with Gasteiger partial charge in [0.05, 0.1) is 0 Å². The van der Waals surface area contributed by atoms with Crippen LogP contribution in [0.5, 0.6) is 11.5 Å². The SMILES string of the molecule is N=C(N)c1ccc(O)c(OCC(=O)Nc2ccc(C(=O)N3CCCC3C(=O)O)cc2)c1. The average Bonchev–Trinajstić information content (AvgIpc) is 3.23. The normalized spacial score (nSPS) is 15.4. The van der Waals surface area contributed by atoms with Gasteiger partial charge in [-0.3, -0.25) is 15.0 Å². The van der Waals surface area contributed by atoms with E-state index in [0.717, 1.165) is 0 Å². The van der Waals surface area contributed by atoms with Gasteiger partial charge in [-0.15, -0.1) is 0 Å². The zero-order valence-electron chi connectivity index (χ0n) is 16.5. The monoisotopic (exact) mass is 426 g/mol. The molecule has 1 fully saturated rings. The van der Waals surface area contributed by atoms with Crippen LogP contribution in [0.1, 0.15) is 28.8 Å². The molecule has 10 nitrogen and oxygen atoms in total. The number of anilines is 1. The predicted octanol–water partition coefficient (Wildman–Crippen LogP) is 1.38. The molecule has 1 unspecified atom stereocenters. The lowest BCUT2D eigenvalue weighted by Crippen LogP contribution is -2.40. The van der Waals surface area contributed by atoms with Crippen LogP contribution in [0, 0.1) is 5.41 Å². The molecule has 1 heterocycles. The number of nitrogens with zero attached hydrogens (tertiary/aromatic N) is 1. The topological polar surface area (TPSA) is 166 Å². The van der Waals surface area contributed by atoms with Crippen molar-refractivity contribution in [2.75, 3.05) is 18.5 Å². The number of amides is 2. The first kappa shape index (κ1) is 21.6. The van der Waals surface area contributed by atoms with Crippen molar-refractivity contribution in [3.8, 4) is 11.5 Å². The van der Waals surface area contributed by atoms with Gasteiger partial charge in [-0.05, 0) is 55.3 Å². The van der Waals surface area contributed by atoms with Crippen molar-refractivity contribution in [2.24, 2.45) is 5.73 Å². The zero-order chi connectivity index (χ0) is 22.5. The highest BCUT2D eigenvalue weighted by atomic mass is 16.5. The summed E-state index contributed by atoms with van der Waals surface area (Å²) in [5, 5.41) is 29.0. The van der Waals surface area contributed by atoms with Crippen LogP contribution in [0.15, 0.2) is 42.5 Å². The van der Waals surface area contributed by atoms with Gasteiger partial charge in [-0.1, -0.05) is 0 Å². The van der Waals surface area contributed by atoms with E-state index in [2.05, 4.69) is 5.32 Å². The van der Waals surface area contributed by atoms with Crippen LogP contribution < -0.4 is 15.8 Å². The van der Waals surface area contributed by atoms with E-state index in [9.17, 15) is 24.6 Å². The lowest BCUT2D eigenvalue weighted by Gasteiger charge is -2.21. The maximum atomic E-state index is 12.6. The largest absolute Gasteiger partial charge is 0.504 e. The van der Waals surface area contributed by atoms with Crippen molar-refractivity contribution < 1.29 is 29.3 Å². The molecule has 10 heteroatoms. The van der Waals surface area contributed by atoms with Crippen molar-refractivity contribution in [3.63, 3.8) is 0 Å². The molecule has 162 valence electrons. The number of ether oxygens (including phenoxy) is 1. The number of nitrogens with two attached hydrogens (primary N) is 1. The minimum Gasteiger partial charge on any atom is -0.504 e. The summed E-state index contributed by atoms with van der Waals surface area (Å²) in [6.45, 7) is -0.00697. The molecule has 1 aliphatic rings. The van der Waals surface area contributed by atoms with Gasteiger partial charge in [-0.2, -0.15) is 0 Å². The fourth-order valence-electron chi connectivity index (χ4n) is 3.27. The van der Waals surface area contributed by atoms with Gasteiger partial charge in [-0.25, -0.2) is 4.79 Å². The molecule has 0 aliphatic carbocycles. The summed E-state index contributed by atoms with van der Waals surface area (Å²) in [5.74, 6) is -2.27. The van der Waals surface area contributed by atoms with Crippen LogP contribution >= 0.6 is 0 Å². The highest BCUT2D eigenvalue weighted by molar-refractivity contribution is 5.98. The van der Waals surface area contributed by atoms with E-state index in [4.69, 9.17) is 15.9 Å². The molecule has 31 heavy (non-hydrogen) atoms. The molecular formula is C21H22N4O6. The van der Waals surface area contributed by atoms with Crippen molar-refractivity contribution in [2.45, 2.75) is 18.9 Å². The van der Waals surface area contributed by atoms with E-state index < -0.39 is 24.5 Å². The van der Waals surface area contributed by atoms with Crippen LogP contribution in [-0.4, -0.2) is 57.9 Å². The second-order valence-corrected chi connectivity index (χ2v) is 7.01. The van der Waals surface area contributed by atoms with E-state index >= 15 is 0 Å². The van der Waals surface area contributed by atoms with Gasteiger partial charge in [0, 0.05) is 23.4 Å². The molecule has 1 atom stereocenters. The minimum absolute atomic E-state index is 0.0161. The van der Waals surface area contributed by atoms with Crippen molar-refractivity contribution in [3.05, 3.63) is 53.6 Å². The third-order valence-corrected chi connectivity index (χ3v) is 4.84. The number of amidine groups is 1. The summed E-state index contributed by atoms with van der Waals surface area (Å²) in [6, 6.07) is 9.39. The Bertz CT molecular complexity index is 1020. The summed E-state index contributed by atoms with van der Waals surface area (Å²) in [4.78, 5) is 37.3. The molecule has 0 bridgehead atoms. The number of likely N-dealkylation sites (tertiary alicyclic amines) is 1. The number of nitrogen functional groups attached to an aromatic ring is 1. The Morgan fingerprint density at radius 1 is 1.16 bits per heavy atom. The predicted molar refractivity (Wildman–Crippen MR) is 111 cm³/mol. The molecular weight excluding hydrogens is 404 g/mol. The molecule has 1 saturated heterocycles. The first-order valence-electron chi connectivity index (χ1n) is 9.50. The lowest BCUT2D eigenvalue weighted by molar-refractivity contribution is -0.141. The minimum atomic E-state index is -1.02. The molecule has 0 saturated carbocycles. The molecule has 2 aromatic rings. The van der Waals surface area contributed by atoms with Crippen LogP contribution in [0.2, 0.25) is 0 Å². The third kappa shape index (κ3) is 5.10. The first-order chi connectivity index (χ1) is 14.8. The van der Waals surface area contributed by atoms with Gasteiger partial charge in [0.2, 0.25) is 0 Å². The summed E-state index contributed by atoms with van der Waals surface area (Å²) in [5.41, 5.74) is 6.49. The molecule has 0 aromatic heterocycles. The van der Waals surface area contributed by atoms with E-state index in [1.54, 1.807) is 0 Å². The van der Waals surface area contributed by atoms with Crippen LogP contribution in [0.4, 0.5) is 5.69 Å². The number of hydrogen-bond donors (Lipinski definition) is 5. The number of carbonyl (C=O) groups excluding carboxylic acids is 2. The average molecular weight is 426 g/mol. The number of hydrogen-bond acceptors (Lipinski definition) is 6. The number of phenolic OH excluding ortho intramolecular Hbond substituents is 1. The summed E-state index contributed by atoms with van der Waals surface area (Å²) in [7, 11) is 0. The molecule has 2 aromatic carbocycles. The highest BCUT2D eigenvalue weighted by Crippen LogP contribution is 2.27. The number of carbonyl (C=O) groups is 3. The lowest BCUT2D eigenvalue weighted by atomic mass is 10.1. The number of phenols is 1. The Balaban J connectivity index is 1.58. The molecule has 0 spiro atoms. The zero-order valence-corrected chi connectivity index (χ0v) is 16.5. The van der Waals surface area contributed by atoms with Crippen LogP contribution in [0.3, 0.4) is 0 Å². The second-order valence-electron chi connectivity index (χ2n) is 7.01.